The van der Waals surface area contributed by atoms with Crippen LogP contribution in [-0.2, 0) is 14.8 Å². The smallest absolute Gasteiger partial charge is 0.340 e. The number of hydrogen-bond acceptors (Lipinski definition) is 5. The molecule has 0 aromatic heterocycles. The quantitative estimate of drug-likeness (QED) is 0.673. The van der Waals surface area contributed by atoms with Crippen LogP contribution in [0.25, 0.3) is 0 Å². The van der Waals surface area contributed by atoms with Gasteiger partial charge in [0.25, 0.3) is 10.0 Å². The van der Waals surface area contributed by atoms with Gasteiger partial charge in [0.2, 0.25) is 0 Å². The highest BCUT2D eigenvalue weighted by Crippen LogP contribution is 2.32. The van der Waals surface area contributed by atoms with Crippen molar-refractivity contribution in [2.75, 3.05) is 25.1 Å². The van der Waals surface area contributed by atoms with Gasteiger partial charge in [-0.15, -0.1) is 0 Å². The predicted molar refractivity (Wildman–Crippen MR) is 105 cm³/mol. The van der Waals surface area contributed by atoms with Crippen LogP contribution in [0.2, 0.25) is 0 Å². The van der Waals surface area contributed by atoms with Crippen molar-refractivity contribution in [1.82, 2.24) is 0 Å². The van der Waals surface area contributed by atoms with Gasteiger partial charge in [0.05, 0.1) is 30.4 Å². The van der Waals surface area contributed by atoms with Gasteiger partial charge in [0.15, 0.2) is 0 Å². The van der Waals surface area contributed by atoms with Gasteiger partial charge in [-0.2, -0.15) is 0 Å². The molecule has 0 spiro atoms. The first-order chi connectivity index (χ1) is 12.8. The van der Waals surface area contributed by atoms with Crippen molar-refractivity contribution in [2.45, 2.75) is 32.1 Å². The SMILES string of the molecule is CCCN(c1c(C)cc(C)cc1C(=O)OC)S(=O)(=O)c1ccc(OC)cc1. The molecule has 0 saturated heterocycles. The number of aryl methyl sites for hydroxylation is 2. The zero-order chi connectivity index (χ0) is 20.2. The number of ether oxygens (including phenoxy) is 2. The number of benzene rings is 2. The van der Waals surface area contributed by atoms with Crippen LogP contribution < -0.4 is 9.04 Å². The van der Waals surface area contributed by atoms with Crippen molar-refractivity contribution in [3.8, 4) is 5.75 Å². The number of hydrogen-bond donors (Lipinski definition) is 0. The predicted octanol–water partition coefficient (Wildman–Crippen LogP) is 3.70. The van der Waals surface area contributed by atoms with Crippen LogP contribution in [-0.4, -0.2) is 35.2 Å². The topological polar surface area (TPSA) is 72.9 Å². The van der Waals surface area contributed by atoms with E-state index < -0.39 is 16.0 Å². The molecule has 0 aliphatic rings. The van der Waals surface area contributed by atoms with Gasteiger partial charge >= 0.3 is 5.97 Å². The highest BCUT2D eigenvalue weighted by Gasteiger charge is 2.30. The number of methoxy groups -OCH3 is 2. The third kappa shape index (κ3) is 4.24. The molecule has 0 unspecified atom stereocenters. The number of rotatable bonds is 7. The largest absolute Gasteiger partial charge is 0.497 e. The molecule has 0 amide bonds. The minimum atomic E-state index is -3.87. The minimum Gasteiger partial charge on any atom is -0.497 e. The maximum atomic E-state index is 13.4. The lowest BCUT2D eigenvalue weighted by atomic mass is 10.0. The number of anilines is 1. The molecule has 0 fully saturated rings. The van der Waals surface area contributed by atoms with Gasteiger partial charge < -0.3 is 9.47 Å². The summed E-state index contributed by atoms with van der Waals surface area (Å²) in [6.07, 6.45) is 0.587. The molecule has 0 atom stereocenters. The summed E-state index contributed by atoms with van der Waals surface area (Å²) in [5.41, 5.74) is 2.14. The summed E-state index contributed by atoms with van der Waals surface area (Å²) in [5.74, 6) is 0.000548. The van der Waals surface area contributed by atoms with E-state index in [-0.39, 0.29) is 17.0 Å². The first-order valence-corrected chi connectivity index (χ1v) is 10.1. The normalized spacial score (nSPS) is 11.1. The second kappa shape index (κ2) is 8.43. The summed E-state index contributed by atoms with van der Waals surface area (Å²) in [6.45, 7) is 5.77. The second-order valence-corrected chi connectivity index (χ2v) is 8.08. The molecule has 146 valence electrons. The lowest BCUT2D eigenvalue weighted by molar-refractivity contribution is 0.0601. The summed E-state index contributed by atoms with van der Waals surface area (Å²) in [5, 5.41) is 0. The molecule has 2 aromatic rings. The van der Waals surface area contributed by atoms with E-state index in [9.17, 15) is 13.2 Å². The Morgan fingerprint density at radius 2 is 1.70 bits per heavy atom. The molecule has 2 rings (SSSR count). The molecule has 0 aliphatic carbocycles. The number of carbonyl (C=O) groups is 1. The van der Waals surface area contributed by atoms with Crippen molar-refractivity contribution in [3.05, 3.63) is 53.1 Å². The van der Waals surface area contributed by atoms with Crippen LogP contribution in [0, 0.1) is 13.8 Å². The Kier molecular flexibility index (Phi) is 6.49. The average Bonchev–Trinajstić information content (AvgIpc) is 2.65. The summed E-state index contributed by atoms with van der Waals surface area (Å²) in [7, 11) is -1.07. The average molecular weight is 391 g/mol. The Bertz CT molecular complexity index is 920. The highest BCUT2D eigenvalue weighted by atomic mass is 32.2. The third-order valence-electron chi connectivity index (χ3n) is 4.17. The fraction of sp³-hybridized carbons (Fsp3) is 0.350. The molecule has 0 heterocycles. The first kappa shape index (κ1) is 20.8. The molecule has 0 radical (unpaired) electrons. The van der Waals surface area contributed by atoms with Crippen molar-refractivity contribution >= 4 is 21.7 Å². The van der Waals surface area contributed by atoms with E-state index in [1.54, 1.807) is 25.1 Å². The van der Waals surface area contributed by atoms with E-state index in [1.807, 2.05) is 19.9 Å². The number of carbonyl (C=O) groups excluding carboxylic acids is 1. The maximum absolute atomic E-state index is 13.4. The Hall–Kier alpha value is -2.54. The van der Waals surface area contributed by atoms with E-state index in [2.05, 4.69) is 0 Å². The van der Waals surface area contributed by atoms with E-state index in [0.29, 0.717) is 23.4 Å². The maximum Gasteiger partial charge on any atom is 0.340 e. The standard InChI is InChI=1S/C20H25NO5S/c1-6-11-21(27(23,24)17-9-7-16(25-4)8-10-17)19-15(3)12-14(2)13-18(19)20(22)26-5/h7-10,12-13H,6,11H2,1-5H3. The molecule has 0 bridgehead atoms. The van der Waals surface area contributed by atoms with Gasteiger partial charge in [-0.05, 0) is 61.7 Å². The Morgan fingerprint density at radius 3 is 2.22 bits per heavy atom. The lowest BCUT2D eigenvalue weighted by Crippen LogP contribution is -2.34. The van der Waals surface area contributed by atoms with Crippen LogP contribution in [0.5, 0.6) is 5.75 Å². The first-order valence-electron chi connectivity index (χ1n) is 8.62. The van der Waals surface area contributed by atoms with Crippen LogP contribution in [0.1, 0.15) is 34.8 Å². The zero-order valence-corrected chi connectivity index (χ0v) is 17.1. The molecular weight excluding hydrogens is 366 g/mol. The van der Waals surface area contributed by atoms with Crippen molar-refractivity contribution in [2.24, 2.45) is 0 Å². The van der Waals surface area contributed by atoms with Crippen molar-refractivity contribution < 1.29 is 22.7 Å². The van der Waals surface area contributed by atoms with Gasteiger partial charge in [0, 0.05) is 6.54 Å². The number of nitrogens with zero attached hydrogens (tertiary/aromatic N) is 1. The molecule has 0 N–H and O–H groups in total. The fourth-order valence-corrected chi connectivity index (χ4v) is 4.63. The number of esters is 1. The molecule has 7 heteroatoms. The third-order valence-corrected chi connectivity index (χ3v) is 5.99. The molecule has 6 nitrogen and oxygen atoms in total. The van der Waals surface area contributed by atoms with E-state index in [4.69, 9.17) is 9.47 Å². The summed E-state index contributed by atoms with van der Waals surface area (Å²) in [4.78, 5) is 12.5. The Balaban J connectivity index is 2.68. The zero-order valence-electron chi connectivity index (χ0n) is 16.3. The van der Waals surface area contributed by atoms with Crippen LogP contribution in [0.3, 0.4) is 0 Å². The molecule has 2 aromatic carbocycles. The Labute approximate surface area is 160 Å². The molecular formula is C20H25NO5S. The fourth-order valence-electron chi connectivity index (χ4n) is 2.99. The van der Waals surface area contributed by atoms with E-state index in [0.717, 1.165) is 5.56 Å². The van der Waals surface area contributed by atoms with Crippen LogP contribution in [0.4, 0.5) is 5.69 Å². The van der Waals surface area contributed by atoms with Crippen LogP contribution >= 0.6 is 0 Å². The summed E-state index contributed by atoms with van der Waals surface area (Å²) < 4.78 is 38.0. The second-order valence-electron chi connectivity index (χ2n) is 6.22. The molecule has 27 heavy (non-hydrogen) atoms. The highest BCUT2D eigenvalue weighted by molar-refractivity contribution is 7.92. The molecule has 0 aliphatic heterocycles. The van der Waals surface area contributed by atoms with Gasteiger partial charge in [0.1, 0.15) is 5.75 Å². The van der Waals surface area contributed by atoms with E-state index >= 15 is 0 Å². The summed E-state index contributed by atoms with van der Waals surface area (Å²) >= 11 is 0. The minimum absolute atomic E-state index is 0.132. The van der Waals surface area contributed by atoms with E-state index in [1.165, 1.54) is 30.7 Å². The lowest BCUT2D eigenvalue weighted by Gasteiger charge is -2.27. The Morgan fingerprint density at radius 1 is 1.07 bits per heavy atom. The van der Waals surface area contributed by atoms with Gasteiger partial charge in [-0.25, -0.2) is 13.2 Å². The molecule has 0 saturated carbocycles. The van der Waals surface area contributed by atoms with Gasteiger partial charge in [-0.1, -0.05) is 13.0 Å². The number of sulfonamides is 1. The van der Waals surface area contributed by atoms with Crippen LogP contribution in [0.15, 0.2) is 41.3 Å². The van der Waals surface area contributed by atoms with Crippen molar-refractivity contribution in [3.63, 3.8) is 0 Å². The van der Waals surface area contributed by atoms with Gasteiger partial charge in [-0.3, -0.25) is 4.31 Å². The monoisotopic (exact) mass is 391 g/mol. The van der Waals surface area contributed by atoms with Crippen molar-refractivity contribution in [1.29, 1.82) is 0 Å². The summed E-state index contributed by atoms with van der Waals surface area (Å²) in [6, 6.07) is 9.70.